The summed E-state index contributed by atoms with van der Waals surface area (Å²) in [4.78, 5) is 40.5. The molecule has 1 amide bonds. The molecule has 11 nitrogen and oxygen atoms in total. The van der Waals surface area contributed by atoms with Crippen molar-refractivity contribution in [3.63, 3.8) is 0 Å². The second kappa shape index (κ2) is 11.6. The maximum absolute atomic E-state index is 15.2. The summed E-state index contributed by atoms with van der Waals surface area (Å²) in [6.45, 7) is 9.85. The van der Waals surface area contributed by atoms with E-state index in [1.165, 1.54) is 29.2 Å². The molecule has 218 valence electrons. The molecule has 1 aliphatic heterocycles. The number of aliphatic hydroxyl groups is 1. The number of nitrogens with one attached hydrogen (secondary N) is 2. The van der Waals surface area contributed by atoms with Crippen LogP contribution in [0.15, 0.2) is 66.4 Å². The van der Waals surface area contributed by atoms with E-state index in [4.69, 9.17) is 0 Å². The van der Waals surface area contributed by atoms with Gasteiger partial charge >= 0.3 is 0 Å². The van der Waals surface area contributed by atoms with E-state index in [1.54, 1.807) is 38.1 Å². The fraction of sp³-hybridized carbons (Fsp3) is 0.276. The quantitative estimate of drug-likeness (QED) is 0.271. The van der Waals surface area contributed by atoms with Crippen LogP contribution in [0.3, 0.4) is 0 Å². The molecule has 0 spiro atoms. The number of anilines is 4. The van der Waals surface area contributed by atoms with Crippen LogP contribution in [0, 0.1) is 11.6 Å². The van der Waals surface area contributed by atoms with Gasteiger partial charge in [0.25, 0.3) is 5.56 Å². The zero-order valence-electron chi connectivity index (χ0n) is 23.1. The summed E-state index contributed by atoms with van der Waals surface area (Å²) < 4.78 is 31.9. The molecule has 13 heteroatoms. The lowest BCUT2D eigenvalue weighted by atomic mass is 10.1. The lowest BCUT2D eigenvalue weighted by Gasteiger charge is -2.38. The van der Waals surface area contributed by atoms with Gasteiger partial charge in [0.15, 0.2) is 17.3 Å². The molecule has 3 heterocycles. The van der Waals surface area contributed by atoms with Gasteiger partial charge in [-0.1, -0.05) is 12.6 Å². The largest absolute Gasteiger partial charge is 0.389 e. The second-order valence-electron chi connectivity index (χ2n) is 10.6. The minimum absolute atomic E-state index is 0.0867. The lowest BCUT2D eigenvalue weighted by Crippen LogP contribution is -2.50. The highest BCUT2D eigenvalue weighted by atomic mass is 19.1. The van der Waals surface area contributed by atoms with E-state index < -0.39 is 34.4 Å². The van der Waals surface area contributed by atoms with Crippen LogP contribution in [0.2, 0.25) is 0 Å². The van der Waals surface area contributed by atoms with Gasteiger partial charge in [-0.3, -0.25) is 19.1 Å². The molecular formula is C29H30F2N8O3. The fourth-order valence-electron chi connectivity index (χ4n) is 4.80. The number of β-amino-alcohol motifs (C(OH)–C–C–N with tert-alkyl or cyclic N) is 1. The van der Waals surface area contributed by atoms with Crippen LogP contribution >= 0.6 is 0 Å². The fourth-order valence-corrected chi connectivity index (χ4v) is 4.80. The van der Waals surface area contributed by atoms with Crippen LogP contribution in [0.1, 0.15) is 13.8 Å². The van der Waals surface area contributed by atoms with Crippen LogP contribution < -0.4 is 21.1 Å². The molecule has 1 saturated heterocycles. The van der Waals surface area contributed by atoms with Gasteiger partial charge in [-0.15, -0.1) is 0 Å². The SMILES string of the molecule is C=CC(=O)Nc1cccc(-n2cnc(=O)c3cnc(Nc4c(F)cc(N5CCN(CC(C)(C)O)CC5)cc4F)nc32)c1. The molecular weight excluding hydrogens is 546 g/mol. The monoisotopic (exact) mass is 576 g/mol. The third-order valence-electron chi connectivity index (χ3n) is 6.71. The van der Waals surface area contributed by atoms with Crippen LogP contribution in [0.5, 0.6) is 0 Å². The number of fused-ring (bicyclic) bond motifs is 1. The van der Waals surface area contributed by atoms with Gasteiger partial charge in [-0.05, 0) is 50.3 Å². The summed E-state index contributed by atoms with van der Waals surface area (Å²) >= 11 is 0. The molecule has 1 fully saturated rings. The van der Waals surface area contributed by atoms with Crippen molar-refractivity contribution in [2.24, 2.45) is 0 Å². The molecule has 3 N–H and O–H groups in total. The topological polar surface area (TPSA) is 129 Å². The Balaban J connectivity index is 1.41. The van der Waals surface area contributed by atoms with Gasteiger partial charge < -0.3 is 20.6 Å². The second-order valence-corrected chi connectivity index (χ2v) is 10.6. The predicted octanol–water partition coefficient (Wildman–Crippen LogP) is 3.21. The molecule has 0 bridgehead atoms. The normalized spacial score (nSPS) is 14.2. The van der Waals surface area contributed by atoms with E-state index in [1.807, 2.05) is 4.90 Å². The number of carbonyl (C=O) groups excluding carboxylic acids is 1. The summed E-state index contributed by atoms with van der Waals surface area (Å²) in [6.07, 6.45) is 3.64. The van der Waals surface area contributed by atoms with Gasteiger partial charge in [0.05, 0.1) is 11.3 Å². The summed E-state index contributed by atoms with van der Waals surface area (Å²) in [5, 5.41) is 15.4. The molecule has 0 aliphatic carbocycles. The maximum atomic E-state index is 15.2. The van der Waals surface area contributed by atoms with Crippen LogP contribution in [-0.2, 0) is 4.79 Å². The van der Waals surface area contributed by atoms with Crippen molar-refractivity contribution in [3.8, 4) is 5.69 Å². The van der Waals surface area contributed by atoms with Gasteiger partial charge in [0, 0.05) is 50.3 Å². The zero-order chi connectivity index (χ0) is 30.0. The van der Waals surface area contributed by atoms with Crippen molar-refractivity contribution in [2.45, 2.75) is 19.4 Å². The molecule has 0 saturated carbocycles. The highest BCUT2D eigenvalue weighted by Gasteiger charge is 2.24. The lowest BCUT2D eigenvalue weighted by molar-refractivity contribution is -0.111. The number of carbonyl (C=O) groups is 1. The molecule has 5 rings (SSSR count). The number of nitrogens with zero attached hydrogens (tertiary/aromatic N) is 6. The van der Waals surface area contributed by atoms with E-state index in [-0.39, 0.29) is 17.0 Å². The summed E-state index contributed by atoms with van der Waals surface area (Å²) in [7, 11) is 0. The van der Waals surface area contributed by atoms with E-state index in [0.29, 0.717) is 49.8 Å². The number of piperazine rings is 1. The van der Waals surface area contributed by atoms with Gasteiger partial charge in [0.2, 0.25) is 11.9 Å². The molecule has 42 heavy (non-hydrogen) atoms. The number of amides is 1. The number of hydrogen-bond donors (Lipinski definition) is 3. The summed E-state index contributed by atoms with van der Waals surface area (Å²) in [6, 6.07) is 9.23. The Morgan fingerprint density at radius 1 is 1.10 bits per heavy atom. The van der Waals surface area contributed by atoms with Crippen LogP contribution in [0.25, 0.3) is 16.7 Å². The zero-order valence-corrected chi connectivity index (χ0v) is 23.1. The molecule has 2 aromatic heterocycles. The van der Waals surface area contributed by atoms with Crippen LogP contribution in [0.4, 0.5) is 31.8 Å². The molecule has 0 atom stereocenters. The Morgan fingerprint density at radius 2 is 1.81 bits per heavy atom. The number of aromatic nitrogens is 4. The first kappa shape index (κ1) is 28.8. The molecule has 0 unspecified atom stereocenters. The Labute approximate surface area is 240 Å². The maximum Gasteiger partial charge on any atom is 0.283 e. The van der Waals surface area contributed by atoms with E-state index in [0.717, 1.165) is 6.08 Å². The average Bonchev–Trinajstić information content (AvgIpc) is 2.94. The van der Waals surface area contributed by atoms with E-state index in [2.05, 4.69) is 37.1 Å². The number of halogens is 2. The average molecular weight is 577 g/mol. The molecule has 0 radical (unpaired) electrons. The van der Waals surface area contributed by atoms with Crippen molar-refractivity contribution in [1.82, 2.24) is 24.4 Å². The smallest absolute Gasteiger partial charge is 0.283 e. The van der Waals surface area contributed by atoms with E-state index >= 15 is 8.78 Å². The molecule has 1 aliphatic rings. The summed E-state index contributed by atoms with van der Waals surface area (Å²) in [5.74, 6) is -2.19. The standard InChI is InChI=1S/C29H30F2N8O3/c1-4-24(40)34-18-6-5-7-19(12-18)39-17-33-27(41)21-15-32-28(36-26(21)39)35-25-22(30)13-20(14-23(25)31)38-10-8-37(9-11-38)16-29(2,3)42/h4-7,12-15,17,42H,1,8-11,16H2,2-3H3,(H,34,40)(H,32,35,36). The van der Waals surface area contributed by atoms with Crippen molar-refractivity contribution in [3.05, 3.63) is 83.6 Å². The van der Waals surface area contributed by atoms with Crippen molar-refractivity contribution in [1.29, 1.82) is 0 Å². The highest BCUT2D eigenvalue weighted by molar-refractivity contribution is 5.99. The minimum atomic E-state index is -0.828. The molecule has 2 aromatic carbocycles. The minimum Gasteiger partial charge on any atom is -0.389 e. The number of hydrogen-bond acceptors (Lipinski definition) is 9. The van der Waals surface area contributed by atoms with Crippen molar-refractivity contribution in [2.75, 3.05) is 48.3 Å². The highest BCUT2D eigenvalue weighted by Crippen LogP contribution is 2.29. The Morgan fingerprint density at radius 3 is 2.48 bits per heavy atom. The third-order valence-corrected chi connectivity index (χ3v) is 6.71. The Bertz CT molecular complexity index is 1690. The van der Waals surface area contributed by atoms with Gasteiger partial charge in [0.1, 0.15) is 17.4 Å². The third kappa shape index (κ3) is 6.42. The molecule has 4 aromatic rings. The summed E-state index contributed by atoms with van der Waals surface area (Å²) in [5.41, 5.74) is -0.300. The predicted molar refractivity (Wildman–Crippen MR) is 156 cm³/mol. The first-order valence-electron chi connectivity index (χ1n) is 13.2. The van der Waals surface area contributed by atoms with Gasteiger partial charge in [-0.25, -0.2) is 13.8 Å². The van der Waals surface area contributed by atoms with Crippen LogP contribution in [-0.4, -0.2) is 73.8 Å². The Kier molecular flexibility index (Phi) is 7.96. The van der Waals surface area contributed by atoms with E-state index in [9.17, 15) is 14.7 Å². The number of rotatable bonds is 8. The van der Waals surface area contributed by atoms with Crippen molar-refractivity contribution < 1.29 is 18.7 Å². The Hall–Kier alpha value is -4.75. The number of benzene rings is 2. The van der Waals surface area contributed by atoms with Gasteiger partial charge in [-0.2, -0.15) is 9.97 Å². The first-order chi connectivity index (χ1) is 20.0. The first-order valence-corrected chi connectivity index (χ1v) is 13.2. The van der Waals surface area contributed by atoms with Crippen molar-refractivity contribution >= 4 is 40.0 Å².